The van der Waals surface area contributed by atoms with Crippen molar-refractivity contribution in [1.29, 1.82) is 0 Å². The molecule has 0 amide bonds. The quantitative estimate of drug-likeness (QED) is 0.617. The first kappa shape index (κ1) is 15.8. The molecule has 0 spiro atoms. The minimum absolute atomic E-state index is 0.124. The van der Waals surface area contributed by atoms with E-state index >= 15 is 0 Å². The molecular formula is C18H16O4. The lowest BCUT2D eigenvalue weighted by Gasteiger charge is -2.17. The Bertz CT molecular complexity index is 751. The minimum atomic E-state index is -0.438. The fourth-order valence-electron chi connectivity index (χ4n) is 2.46. The molecule has 2 rings (SSSR count). The summed E-state index contributed by atoms with van der Waals surface area (Å²) in [6, 6.07) is 2.71. The zero-order chi connectivity index (χ0) is 16.4. The van der Waals surface area contributed by atoms with E-state index in [9.17, 15) is 19.2 Å². The molecule has 0 radical (unpaired) electrons. The molecule has 0 atom stereocenters. The van der Waals surface area contributed by atoms with Gasteiger partial charge in [-0.15, -0.1) is 0 Å². The molecule has 0 aromatic heterocycles. The number of allylic oxidation sites excluding steroid dienone is 3. The minimum Gasteiger partial charge on any atom is -0.294 e. The Morgan fingerprint density at radius 2 is 1.73 bits per heavy atom. The Labute approximate surface area is 128 Å². The third-order valence-electron chi connectivity index (χ3n) is 3.72. The van der Waals surface area contributed by atoms with E-state index in [1.165, 1.54) is 18.2 Å². The highest BCUT2D eigenvalue weighted by molar-refractivity contribution is 6.26. The van der Waals surface area contributed by atoms with Crippen LogP contribution in [0.15, 0.2) is 36.4 Å². The zero-order valence-electron chi connectivity index (χ0n) is 12.6. The second-order valence-electron chi connectivity index (χ2n) is 5.00. The van der Waals surface area contributed by atoms with Gasteiger partial charge < -0.3 is 0 Å². The van der Waals surface area contributed by atoms with Crippen LogP contribution in [0.4, 0.5) is 0 Å². The molecule has 4 nitrogen and oxygen atoms in total. The number of Topliss-reactive ketones (excluding diaryl/α,β-unsaturated/α-hetero) is 2. The van der Waals surface area contributed by atoms with Gasteiger partial charge in [-0.25, -0.2) is 0 Å². The van der Waals surface area contributed by atoms with Gasteiger partial charge in [-0.3, -0.25) is 19.2 Å². The first-order valence-corrected chi connectivity index (χ1v) is 7.12. The lowest BCUT2D eigenvalue weighted by molar-refractivity contribution is 0.0967. The zero-order valence-corrected chi connectivity index (χ0v) is 12.6. The second kappa shape index (κ2) is 6.02. The van der Waals surface area contributed by atoms with Gasteiger partial charge in [0.05, 0.1) is 0 Å². The molecule has 0 N–H and O–H groups in total. The normalized spacial score (nSPS) is 13.5. The first-order chi connectivity index (χ1) is 10.4. The molecular weight excluding hydrogens is 280 g/mol. The Morgan fingerprint density at radius 3 is 2.27 bits per heavy atom. The predicted octanol–water partition coefficient (Wildman–Crippen LogP) is 3.36. The highest BCUT2D eigenvalue weighted by Crippen LogP contribution is 2.27. The third-order valence-corrected chi connectivity index (χ3v) is 3.72. The maximum Gasteiger partial charge on any atom is 0.189 e. The molecule has 112 valence electrons. The topological polar surface area (TPSA) is 68.3 Å². The number of ketones is 4. The summed E-state index contributed by atoms with van der Waals surface area (Å²) in [6.07, 6.45) is 3.04. The maximum atomic E-state index is 12.4. The summed E-state index contributed by atoms with van der Waals surface area (Å²) in [5.74, 6) is -1.27. The summed E-state index contributed by atoms with van der Waals surface area (Å²) in [4.78, 5) is 48.6. The van der Waals surface area contributed by atoms with Gasteiger partial charge in [-0.1, -0.05) is 20.4 Å². The number of rotatable bonds is 5. The van der Waals surface area contributed by atoms with Crippen LogP contribution in [0, 0.1) is 0 Å². The van der Waals surface area contributed by atoms with Crippen LogP contribution < -0.4 is 0 Å². The summed E-state index contributed by atoms with van der Waals surface area (Å²) in [5, 5.41) is 0. The lowest BCUT2D eigenvalue weighted by Crippen LogP contribution is -2.20. The summed E-state index contributed by atoms with van der Waals surface area (Å²) in [7, 11) is 0. The number of hydrogen-bond acceptors (Lipinski definition) is 4. The summed E-state index contributed by atoms with van der Waals surface area (Å²) in [5.41, 5.74) is 1.06. The van der Waals surface area contributed by atoms with E-state index < -0.39 is 5.78 Å². The van der Waals surface area contributed by atoms with Crippen molar-refractivity contribution < 1.29 is 19.2 Å². The average molecular weight is 296 g/mol. The van der Waals surface area contributed by atoms with E-state index in [1.807, 2.05) is 0 Å². The van der Waals surface area contributed by atoms with Gasteiger partial charge in [0.25, 0.3) is 0 Å². The summed E-state index contributed by atoms with van der Waals surface area (Å²) in [6.45, 7) is 6.87. The molecule has 0 aliphatic heterocycles. The highest BCUT2D eigenvalue weighted by atomic mass is 16.1. The molecule has 1 aliphatic carbocycles. The van der Waals surface area contributed by atoms with E-state index in [1.54, 1.807) is 13.8 Å². The van der Waals surface area contributed by atoms with E-state index in [0.29, 0.717) is 12.0 Å². The summed E-state index contributed by atoms with van der Waals surface area (Å²) >= 11 is 0. The smallest absolute Gasteiger partial charge is 0.189 e. The van der Waals surface area contributed by atoms with Crippen molar-refractivity contribution in [2.75, 3.05) is 0 Å². The van der Waals surface area contributed by atoms with Gasteiger partial charge in [-0.2, -0.15) is 0 Å². The van der Waals surface area contributed by atoms with E-state index in [0.717, 1.165) is 6.08 Å². The van der Waals surface area contributed by atoms with Gasteiger partial charge in [0.2, 0.25) is 0 Å². The average Bonchev–Trinajstić information content (AvgIpc) is 2.55. The summed E-state index contributed by atoms with van der Waals surface area (Å²) < 4.78 is 0. The molecule has 1 aromatic rings. The molecule has 1 aliphatic rings. The predicted molar refractivity (Wildman–Crippen MR) is 82.6 cm³/mol. The van der Waals surface area contributed by atoms with Crippen molar-refractivity contribution in [3.05, 3.63) is 58.7 Å². The monoisotopic (exact) mass is 296 g/mol. The lowest BCUT2D eigenvalue weighted by atomic mass is 9.84. The molecule has 0 bridgehead atoms. The van der Waals surface area contributed by atoms with Gasteiger partial charge in [0.1, 0.15) is 0 Å². The molecule has 0 fully saturated rings. The Kier molecular flexibility index (Phi) is 4.31. The molecule has 0 saturated heterocycles. The Hall–Kier alpha value is -2.62. The standard InChI is InChI=1S/C18H16O4/c1-4-10-7-17(21)13-8-11(15(19)5-2)12(16(20)6-3)9-14(13)18(10)22/h6-9H,3-5H2,1-2H3. The number of carbonyl (C=O) groups is 4. The first-order valence-electron chi connectivity index (χ1n) is 7.12. The fourth-order valence-corrected chi connectivity index (χ4v) is 2.46. The maximum absolute atomic E-state index is 12.4. The van der Waals surface area contributed by atoms with Crippen LogP contribution >= 0.6 is 0 Å². The van der Waals surface area contributed by atoms with Gasteiger partial charge in [0, 0.05) is 34.2 Å². The molecule has 22 heavy (non-hydrogen) atoms. The van der Waals surface area contributed by atoms with Crippen LogP contribution in [0.25, 0.3) is 0 Å². The van der Waals surface area contributed by atoms with E-state index in [4.69, 9.17) is 0 Å². The Morgan fingerprint density at radius 1 is 1.09 bits per heavy atom. The van der Waals surface area contributed by atoms with Crippen LogP contribution in [0.5, 0.6) is 0 Å². The van der Waals surface area contributed by atoms with Crippen LogP contribution in [-0.4, -0.2) is 23.1 Å². The molecule has 1 aromatic carbocycles. The number of hydrogen-bond donors (Lipinski definition) is 0. The third kappa shape index (κ3) is 2.48. The number of carbonyl (C=O) groups excluding carboxylic acids is 4. The van der Waals surface area contributed by atoms with Gasteiger partial charge in [0.15, 0.2) is 23.1 Å². The fraction of sp³-hybridized carbons (Fsp3) is 0.222. The van der Waals surface area contributed by atoms with Crippen molar-refractivity contribution in [3.8, 4) is 0 Å². The number of fused-ring (bicyclic) bond motifs is 1. The molecule has 0 unspecified atom stereocenters. The van der Waals surface area contributed by atoms with Crippen molar-refractivity contribution in [2.24, 2.45) is 0 Å². The molecule has 0 heterocycles. The van der Waals surface area contributed by atoms with E-state index in [2.05, 4.69) is 6.58 Å². The van der Waals surface area contributed by atoms with Gasteiger partial charge >= 0.3 is 0 Å². The van der Waals surface area contributed by atoms with Crippen LogP contribution in [-0.2, 0) is 0 Å². The van der Waals surface area contributed by atoms with Crippen molar-refractivity contribution in [3.63, 3.8) is 0 Å². The SMILES string of the molecule is C=CC(=O)c1cc2c(cc1C(=O)CC)C(=O)C=C(CC)C2=O. The van der Waals surface area contributed by atoms with Crippen molar-refractivity contribution in [2.45, 2.75) is 26.7 Å². The number of benzene rings is 1. The second-order valence-corrected chi connectivity index (χ2v) is 5.00. The Balaban J connectivity index is 2.75. The van der Waals surface area contributed by atoms with Gasteiger partial charge in [-0.05, 0) is 30.7 Å². The van der Waals surface area contributed by atoms with E-state index in [-0.39, 0.29) is 46.0 Å². The van der Waals surface area contributed by atoms with Crippen molar-refractivity contribution in [1.82, 2.24) is 0 Å². The van der Waals surface area contributed by atoms with Crippen LogP contribution in [0.2, 0.25) is 0 Å². The van der Waals surface area contributed by atoms with Crippen LogP contribution in [0.1, 0.15) is 68.1 Å². The molecule has 4 heteroatoms. The van der Waals surface area contributed by atoms with Crippen LogP contribution in [0.3, 0.4) is 0 Å². The highest BCUT2D eigenvalue weighted by Gasteiger charge is 2.28. The largest absolute Gasteiger partial charge is 0.294 e. The van der Waals surface area contributed by atoms with Crippen molar-refractivity contribution >= 4 is 23.1 Å². The molecule has 0 saturated carbocycles.